The van der Waals surface area contributed by atoms with Gasteiger partial charge >= 0.3 is 5.97 Å². The first-order valence-corrected chi connectivity index (χ1v) is 8.02. The second-order valence-electron chi connectivity index (χ2n) is 7.15. The third kappa shape index (κ3) is 4.74. The number of carboxylic acids is 1. The number of aliphatic carboxylic acids is 1. The summed E-state index contributed by atoms with van der Waals surface area (Å²) >= 11 is 1.28. The van der Waals surface area contributed by atoms with E-state index in [4.69, 9.17) is 5.11 Å². The van der Waals surface area contributed by atoms with Crippen molar-refractivity contribution in [3.8, 4) is 0 Å². The molecule has 1 N–H and O–H groups in total. The van der Waals surface area contributed by atoms with Crippen LogP contribution in [0.1, 0.15) is 40.3 Å². The second-order valence-corrected chi connectivity index (χ2v) is 8.09. The zero-order valence-corrected chi connectivity index (χ0v) is 14.9. The number of likely N-dealkylation sites (N-methyl/N-ethyl adjacent to an activating group) is 1. The number of thioether (sulfide) groups is 1. The molecule has 5 nitrogen and oxygen atoms in total. The van der Waals surface area contributed by atoms with Crippen molar-refractivity contribution in [3.63, 3.8) is 0 Å². The molecule has 0 spiro atoms. The van der Waals surface area contributed by atoms with Crippen molar-refractivity contribution in [2.75, 3.05) is 19.8 Å². The van der Waals surface area contributed by atoms with Crippen LogP contribution in [0, 0.1) is 0 Å². The van der Waals surface area contributed by atoms with Gasteiger partial charge in [0.2, 0.25) is 0 Å². The van der Waals surface area contributed by atoms with Crippen molar-refractivity contribution in [2.45, 2.75) is 57.3 Å². The number of imidazole rings is 1. The van der Waals surface area contributed by atoms with Crippen LogP contribution in [0.4, 0.5) is 0 Å². The third-order valence-electron chi connectivity index (χ3n) is 3.67. The van der Waals surface area contributed by atoms with E-state index in [9.17, 15) is 4.79 Å². The van der Waals surface area contributed by atoms with Gasteiger partial charge in [-0.1, -0.05) is 32.5 Å². The summed E-state index contributed by atoms with van der Waals surface area (Å²) < 4.78 is 2.16. The van der Waals surface area contributed by atoms with Crippen molar-refractivity contribution in [2.24, 2.45) is 0 Å². The lowest BCUT2D eigenvalue weighted by Crippen LogP contribution is -2.43. The quantitative estimate of drug-likeness (QED) is 0.818. The molecule has 0 amide bonds. The minimum atomic E-state index is -0.821. The van der Waals surface area contributed by atoms with Crippen LogP contribution in [0.3, 0.4) is 0 Å². The van der Waals surface area contributed by atoms with Gasteiger partial charge in [0.15, 0.2) is 5.16 Å². The molecule has 1 aromatic rings. The van der Waals surface area contributed by atoms with Crippen LogP contribution in [0.25, 0.3) is 0 Å². The number of rotatable bonds is 6. The van der Waals surface area contributed by atoms with E-state index in [0.717, 1.165) is 17.4 Å². The molecule has 0 saturated heterocycles. The molecule has 0 fully saturated rings. The van der Waals surface area contributed by atoms with E-state index in [0.29, 0.717) is 0 Å². The molecule has 0 aliphatic heterocycles. The molecule has 0 bridgehead atoms. The Morgan fingerprint density at radius 3 is 2.33 bits per heavy atom. The van der Waals surface area contributed by atoms with Crippen LogP contribution in [-0.4, -0.2) is 50.9 Å². The highest BCUT2D eigenvalue weighted by atomic mass is 32.2. The molecule has 120 valence electrons. The fourth-order valence-electron chi connectivity index (χ4n) is 1.88. The molecule has 6 heteroatoms. The maximum atomic E-state index is 10.8. The Kier molecular flexibility index (Phi) is 5.50. The lowest BCUT2D eigenvalue weighted by atomic mass is 9.92. The zero-order valence-electron chi connectivity index (χ0n) is 14.1. The predicted octanol–water partition coefficient (Wildman–Crippen LogP) is 2.70. The molecule has 1 rings (SSSR count). The van der Waals surface area contributed by atoms with E-state index in [2.05, 4.69) is 63.2 Å². The summed E-state index contributed by atoms with van der Waals surface area (Å²) in [5.41, 5.74) is 1.06. The fraction of sp³-hybridized carbons (Fsp3) is 0.733. The Morgan fingerprint density at radius 2 is 1.90 bits per heavy atom. The standard InChI is InChI=1S/C15H27N3O2S/c1-14(2,3)11-8-16-13(21-9-12(19)20)18(11)10-15(4,5)17(6)7/h8H,9-10H2,1-7H3,(H,19,20). The number of carbonyl (C=O) groups is 1. The zero-order chi connectivity index (χ0) is 16.4. The van der Waals surface area contributed by atoms with E-state index in [1.165, 1.54) is 11.8 Å². The van der Waals surface area contributed by atoms with E-state index in [1.807, 2.05) is 6.20 Å². The van der Waals surface area contributed by atoms with E-state index in [1.54, 1.807) is 0 Å². The minimum Gasteiger partial charge on any atom is -0.481 e. The third-order valence-corrected chi connectivity index (χ3v) is 4.64. The average molecular weight is 313 g/mol. The van der Waals surface area contributed by atoms with Gasteiger partial charge in [-0.15, -0.1) is 0 Å². The van der Waals surface area contributed by atoms with Gasteiger partial charge in [-0.3, -0.25) is 4.79 Å². The molecular weight excluding hydrogens is 286 g/mol. The molecule has 0 saturated carbocycles. The Balaban J connectivity index is 3.17. The first-order chi connectivity index (χ1) is 9.45. The summed E-state index contributed by atoms with van der Waals surface area (Å²) in [6, 6.07) is 0. The van der Waals surface area contributed by atoms with Crippen LogP contribution in [-0.2, 0) is 16.8 Å². The maximum absolute atomic E-state index is 10.8. The van der Waals surface area contributed by atoms with Crippen LogP contribution in [0.2, 0.25) is 0 Å². The van der Waals surface area contributed by atoms with Crippen LogP contribution in [0.5, 0.6) is 0 Å². The minimum absolute atomic E-state index is 0.0303. The van der Waals surface area contributed by atoms with E-state index >= 15 is 0 Å². The molecule has 0 aromatic carbocycles. The normalized spacial score (nSPS) is 13.0. The van der Waals surface area contributed by atoms with Crippen molar-refractivity contribution >= 4 is 17.7 Å². The topological polar surface area (TPSA) is 58.4 Å². The number of nitrogens with zero attached hydrogens (tertiary/aromatic N) is 3. The summed E-state index contributed by atoms with van der Waals surface area (Å²) in [7, 11) is 4.11. The summed E-state index contributed by atoms with van der Waals surface area (Å²) in [5, 5.41) is 9.66. The smallest absolute Gasteiger partial charge is 0.313 e. The summed E-state index contributed by atoms with van der Waals surface area (Å²) in [4.78, 5) is 17.4. The highest BCUT2D eigenvalue weighted by Gasteiger charge is 2.28. The Bertz CT molecular complexity index is 502. The molecule has 1 aromatic heterocycles. The predicted molar refractivity (Wildman–Crippen MR) is 87.1 cm³/mol. The largest absolute Gasteiger partial charge is 0.481 e. The second kappa shape index (κ2) is 6.40. The SMILES string of the molecule is CN(C)C(C)(C)Cn1c(C(C)(C)C)cnc1SCC(=O)O. The number of aromatic nitrogens is 2. The summed E-state index contributed by atoms with van der Waals surface area (Å²) in [5.74, 6) is -0.790. The molecule has 0 aliphatic rings. The maximum Gasteiger partial charge on any atom is 0.313 e. The Labute approximate surface area is 131 Å². The first kappa shape index (κ1) is 18.0. The van der Waals surface area contributed by atoms with Gasteiger partial charge in [-0.05, 0) is 27.9 Å². The number of hydrogen-bond acceptors (Lipinski definition) is 4. The molecule has 0 atom stereocenters. The van der Waals surface area contributed by atoms with Gasteiger partial charge in [0.25, 0.3) is 0 Å². The van der Waals surface area contributed by atoms with Gasteiger partial charge in [0.05, 0.1) is 5.75 Å². The molecule has 0 unspecified atom stereocenters. The summed E-state index contributed by atoms with van der Waals surface area (Å²) in [6.07, 6.45) is 1.87. The van der Waals surface area contributed by atoms with Crippen LogP contribution < -0.4 is 0 Å². The Morgan fingerprint density at radius 1 is 1.33 bits per heavy atom. The van der Waals surface area contributed by atoms with Gasteiger partial charge in [0, 0.05) is 29.4 Å². The molecule has 1 heterocycles. The van der Waals surface area contributed by atoms with E-state index < -0.39 is 5.97 Å². The lowest BCUT2D eigenvalue weighted by Gasteiger charge is -2.35. The van der Waals surface area contributed by atoms with E-state index in [-0.39, 0.29) is 16.7 Å². The van der Waals surface area contributed by atoms with Gasteiger partial charge in [-0.25, -0.2) is 4.98 Å². The van der Waals surface area contributed by atoms with Crippen molar-refractivity contribution in [1.82, 2.24) is 14.5 Å². The Hall–Kier alpha value is -1.01. The first-order valence-electron chi connectivity index (χ1n) is 7.03. The monoisotopic (exact) mass is 313 g/mol. The van der Waals surface area contributed by atoms with Crippen LogP contribution >= 0.6 is 11.8 Å². The number of hydrogen-bond donors (Lipinski definition) is 1. The molecule has 21 heavy (non-hydrogen) atoms. The molecule has 0 radical (unpaired) electrons. The van der Waals surface area contributed by atoms with Crippen molar-refractivity contribution < 1.29 is 9.90 Å². The molecule has 0 aliphatic carbocycles. The average Bonchev–Trinajstić information content (AvgIpc) is 2.68. The van der Waals surface area contributed by atoms with Crippen molar-refractivity contribution in [3.05, 3.63) is 11.9 Å². The highest BCUT2D eigenvalue weighted by molar-refractivity contribution is 7.99. The van der Waals surface area contributed by atoms with Gasteiger partial charge in [0.1, 0.15) is 0 Å². The molecular formula is C15H27N3O2S. The number of carboxylic acid groups (broad SMARTS) is 1. The lowest BCUT2D eigenvalue weighted by molar-refractivity contribution is -0.133. The van der Waals surface area contributed by atoms with Crippen molar-refractivity contribution in [1.29, 1.82) is 0 Å². The van der Waals surface area contributed by atoms with Gasteiger partial charge in [-0.2, -0.15) is 0 Å². The van der Waals surface area contributed by atoms with Gasteiger partial charge < -0.3 is 14.6 Å². The van der Waals surface area contributed by atoms with Crippen LogP contribution in [0.15, 0.2) is 11.4 Å². The fourth-order valence-corrected chi connectivity index (χ4v) is 2.58. The summed E-state index contributed by atoms with van der Waals surface area (Å²) in [6.45, 7) is 11.6. The highest BCUT2D eigenvalue weighted by Crippen LogP contribution is 2.29.